The van der Waals surface area contributed by atoms with Crippen molar-refractivity contribution in [2.75, 3.05) is 5.32 Å². The van der Waals surface area contributed by atoms with Gasteiger partial charge in [0.25, 0.3) is 0 Å². The second kappa shape index (κ2) is 5.85. The lowest BCUT2D eigenvalue weighted by Crippen LogP contribution is -2.21. The molecule has 1 aromatic heterocycles. The van der Waals surface area contributed by atoms with Crippen molar-refractivity contribution in [1.82, 2.24) is 4.98 Å². The van der Waals surface area contributed by atoms with Crippen molar-refractivity contribution in [3.05, 3.63) is 45.9 Å². The number of hydrogen-bond donors (Lipinski definition) is 2. The SMILES string of the molecule is Cc1cccc(NC(C(=O)O)c2csc(C(C)(C)C)n2)c1. The Bertz CT molecular complexity index is 644. The normalized spacial score (nSPS) is 13.0. The van der Waals surface area contributed by atoms with E-state index in [1.807, 2.05) is 36.6 Å². The van der Waals surface area contributed by atoms with E-state index in [-0.39, 0.29) is 5.41 Å². The summed E-state index contributed by atoms with van der Waals surface area (Å²) >= 11 is 1.50. The molecule has 1 unspecified atom stereocenters. The van der Waals surface area contributed by atoms with E-state index in [9.17, 15) is 9.90 Å². The van der Waals surface area contributed by atoms with Gasteiger partial charge in [0, 0.05) is 16.5 Å². The second-order valence-corrected chi connectivity index (χ2v) is 6.97. The standard InChI is InChI=1S/C16H20N2O2S/c1-10-6-5-7-11(8-10)17-13(14(19)20)12-9-21-15(18-12)16(2,3)4/h5-9,13,17H,1-4H3,(H,19,20). The molecule has 1 heterocycles. The lowest BCUT2D eigenvalue weighted by Gasteiger charge is -2.16. The molecular formula is C16H20N2O2S. The number of anilines is 1. The smallest absolute Gasteiger partial charge is 0.332 e. The highest BCUT2D eigenvalue weighted by atomic mass is 32.1. The molecule has 5 heteroatoms. The fourth-order valence-electron chi connectivity index (χ4n) is 1.93. The van der Waals surface area contributed by atoms with Gasteiger partial charge in [0.1, 0.15) is 0 Å². The predicted octanol–water partition coefficient (Wildman–Crippen LogP) is 3.99. The van der Waals surface area contributed by atoms with Crippen molar-refractivity contribution in [3.8, 4) is 0 Å². The van der Waals surface area contributed by atoms with Crippen LogP contribution < -0.4 is 5.32 Å². The van der Waals surface area contributed by atoms with Gasteiger partial charge < -0.3 is 10.4 Å². The van der Waals surface area contributed by atoms with E-state index in [1.165, 1.54) is 11.3 Å². The molecule has 0 spiro atoms. The third-order valence-electron chi connectivity index (χ3n) is 3.04. The van der Waals surface area contributed by atoms with Crippen LogP contribution in [0.1, 0.15) is 43.1 Å². The van der Waals surface area contributed by atoms with Crippen molar-refractivity contribution in [1.29, 1.82) is 0 Å². The topological polar surface area (TPSA) is 62.2 Å². The highest BCUT2D eigenvalue weighted by Crippen LogP contribution is 2.29. The summed E-state index contributed by atoms with van der Waals surface area (Å²) in [6.07, 6.45) is 0. The number of thiazole rings is 1. The number of aromatic nitrogens is 1. The summed E-state index contributed by atoms with van der Waals surface area (Å²) in [6.45, 7) is 8.18. The molecule has 0 aliphatic heterocycles. The highest BCUT2D eigenvalue weighted by molar-refractivity contribution is 7.09. The molecule has 2 aromatic rings. The zero-order valence-electron chi connectivity index (χ0n) is 12.7. The Balaban J connectivity index is 2.27. The third kappa shape index (κ3) is 3.82. The van der Waals surface area contributed by atoms with Crippen LogP contribution in [0.2, 0.25) is 0 Å². The number of nitrogens with zero attached hydrogens (tertiary/aromatic N) is 1. The minimum absolute atomic E-state index is 0.0741. The van der Waals surface area contributed by atoms with Gasteiger partial charge in [-0.3, -0.25) is 0 Å². The molecule has 0 aliphatic rings. The third-order valence-corrected chi connectivity index (χ3v) is 4.32. The van der Waals surface area contributed by atoms with E-state index in [2.05, 4.69) is 31.1 Å². The molecule has 4 nitrogen and oxygen atoms in total. The van der Waals surface area contributed by atoms with Crippen molar-refractivity contribution >= 4 is 23.0 Å². The van der Waals surface area contributed by atoms with Crippen LogP contribution in [0.4, 0.5) is 5.69 Å². The zero-order chi connectivity index (χ0) is 15.6. The molecule has 21 heavy (non-hydrogen) atoms. The van der Waals surface area contributed by atoms with Crippen LogP contribution in [0.15, 0.2) is 29.6 Å². The van der Waals surface area contributed by atoms with Gasteiger partial charge in [0.15, 0.2) is 6.04 Å². The van der Waals surface area contributed by atoms with Crippen LogP contribution in [0.25, 0.3) is 0 Å². The number of carbonyl (C=O) groups is 1. The first-order valence-electron chi connectivity index (χ1n) is 6.79. The van der Waals surface area contributed by atoms with E-state index < -0.39 is 12.0 Å². The molecule has 0 saturated carbocycles. The van der Waals surface area contributed by atoms with Crippen LogP contribution in [-0.2, 0) is 10.2 Å². The summed E-state index contributed by atoms with van der Waals surface area (Å²) in [6, 6.07) is 6.83. The molecule has 2 rings (SSSR count). The Morgan fingerprint density at radius 1 is 1.38 bits per heavy atom. The molecule has 0 radical (unpaired) electrons. The number of benzene rings is 1. The number of aliphatic carboxylic acids is 1. The molecule has 0 amide bonds. The summed E-state index contributed by atoms with van der Waals surface area (Å²) in [4.78, 5) is 16.0. The monoisotopic (exact) mass is 304 g/mol. The summed E-state index contributed by atoms with van der Waals surface area (Å²) < 4.78 is 0. The van der Waals surface area contributed by atoms with Crippen LogP contribution in [0.3, 0.4) is 0 Å². The Labute approximate surface area is 128 Å². The molecule has 1 aromatic carbocycles. The van der Waals surface area contributed by atoms with Crippen LogP contribution in [-0.4, -0.2) is 16.1 Å². The summed E-state index contributed by atoms with van der Waals surface area (Å²) in [5, 5.41) is 15.3. The number of carboxylic acids is 1. The fraction of sp³-hybridized carbons (Fsp3) is 0.375. The maximum Gasteiger partial charge on any atom is 0.332 e. The molecule has 1 atom stereocenters. The quantitative estimate of drug-likeness (QED) is 0.896. The number of hydrogen-bond acceptors (Lipinski definition) is 4. The summed E-state index contributed by atoms with van der Waals surface area (Å²) in [7, 11) is 0. The molecule has 0 saturated heterocycles. The average molecular weight is 304 g/mol. The van der Waals surface area contributed by atoms with Gasteiger partial charge in [-0.15, -0.1) is 11.3 Å². The number of rotatable bonds is 4. The first kappa shape index (κ1) is 15.5. The Kier molecular flexibility index (Phi) is 4.32. The summed E-state index contributed by atoms with van der Waals surface area (Å²) in [5.41, 5.74) is 2.35. The minimum Gasteiger partial charge on any atom is -0.479 e. The molecule has 2 N–H and O–H groups in total. The number of carboxylic acid groups (broad SMARTS) is 1. The van der Waals surface area contributed by atoms with Crippen molar-refractivity contribution < 1.29 is 9.90 Å². The molecular weight excluding hydrogens is 284 g/mol. The van der Waals surface area contributed by atoms with E-state index in [0.717, 1.165) is 16.3 Å². The first-order chi connectivity index (χ1) is 9.77. The highest BCUT2D eigenvalue weighted by Gasteiger charge is 2.25. The minimum atomic E-state index is -0.928. The Hall–Kier alpha value is -1.88. The van der Waals surface area contributed by atoms with Crippen molar-refractivity contribution in [2.45, 2.75) is 39.2 Å². The van der Waals surface area contributed by atoms with Gasteiger partial charge in [0.05, 0.1) is 10.7 Å². The summed E-state index contributed by atoms with van der Waals surface area (Å²) in [5.74, 6) is -0.928. The van der Waals surface area contributed by atoms with Gasteiger partial charge in [-0.05, 0) is 24.6 Å². The second-order valence-electron chi connectivity index (χ2n) is 6.11. The first-order valence-corrected chi connectivity index (χ1v) is 7.67. The maximum absolute atomic E-state index is 11.6. The molecule has 0 fully saturated rings. The van der Waals surface area contributed by atoms with Gasteiger partial charge in [-0.25, -0.2) is 9.78 Å². The number of nitrogens with one attached hydrogen (secondary N) is 1. The lowest BCUT2D eigenvalue weighted by atomic mass is 9.98. The van der Waals surface area contributed by atoms with E-state index >= 15 is 0 Å². The Morgan fingerprint density at radius 2 is 2.10 bits per heavy atom. The number of aryl methyl sites for hydroxylation is 1. The van der Waals surface area contributed by atoms with Gasteiger partial charge in [0.2, 0.25) is 0 Å². The van der Waals surface area contributed by atoms with E-state index in [1.54, 1.807) is 0 Å². The van der Waals surface area contributed by atoms with E-state index in [4.69, 9.17) is 0 Å². The largest absolute Gasteiger partial charge is 0.479 e. The van der Waals surface area contributed by atoms with Gasteiger partial charge in [-0.2, -0.15) is 0 Å². The maximum atomic E-state index is 11.6. The molecule has 0 bridgehead atoms. The van der Waals surface area contributed by atoms with E-state index in [0.29, 0.717) is 5.69 Å². The van der Waals surface area contributed by atoms with Crippen molar-refractivity contribution in [2.24, 2.45) is 0 Å². The Morgan fingerprint density at radius 3 is 2.62 bits per heavy atom. The van der Waals surface area contributed by atoms with Crippen molar-refractivity contribution in [3.63, 3.8) is 0 Å². The van der Waals surface area contributed by atoms with Gasteiger partial charge in [-0.1, -0.05) is 32.9 Å². The fourth-order valence-corrected chi connectivity index (χ4v) is 2.86. The zero-order valence-corrected chi connectivity index (χ0v) is 13.5. The lowest BCUT2D eigenvalue weighted by molar-refractivity contribution is -0.138. The molecule has 112 valence electrons. The predicted molar refractivity (Wildman–Crippen MR) is 86.0 cm³/mol. The van der Waals surface area contributed by atoms with Crippen LogP contribution in [0.5, 0.6) is 0 Å². The average Bonchev–Trinajstić information content (AvgIpc) is 2.84. The molecule has 0 aliphatic carbocycles. The van der Waals surface area contributed by atoms with Gasteiger partial charge >= 0.3 is 5.97 Å². The van der Waals surface area contributed by atoms with Crippen LogP contribution >= 0.6 is 11.3 Å². The van der Waals surface area contributed by atoms with Crippen LogP contribution in [0, 0.1) is 6.92 Å².